The lowest BCUT2D eigenvalue weighted by Gasteiger charge is -2.24. The zero-order valence-corrected chi connectivity index (χ0v) is 16.6. The lowest BCUT2D eigenvalue weighted by Crippen LogP contribution is -2.29. The van der Waals surface area contributed by atoms with E-state index >= 15 is 0 Å². The molecular formula is C21H22F2N2O2S. The number of anilines is 1. The molecule has 1 aliphatic rings. The van der Waals surface area contributed by atoms with E-state index in [0.29, 0.717) is 6.07 Å². The third-order valence-corrected chi connectivity index (χ3v) is 5.65. The molecule has 0 atom stereocenters. The van der Waals surface area contributed by atoms with Gasteiger partial charge in [0.15, 0.2) is 0 Å². The summed E-state index contributed by atoms with van der Waals surface area (Å²) in [7, 11) is 1.56. The van der Waals surface area contributed by atoms with E-state index in [1.165, 1.54) is 4.90 Å². The highest BCUT2D eigenvalue weighted by Gasteiger charge is 2.27. The van der Waals surface area contributed by atoms with Crippen molar-refractivity contribution in [2.75, 3.05) is 18.6 Å². The van der Waals surface area contributed by atoms with Crippen molar-refractivity contribution in [3.8, 4) is 0 Å². The first-order chi connectivity index (χ1) is 13.4. The molecule has 0 bridgehead atoms. The Balaban J connectivity index is 1.77. The van der Waals surface area contributed by atoms with E-state index in [1.54, 1.807) is 18.8 Å². The quantitative estimate of drug-likeness (QED) is 0.710. The lowest BCUT2D eigenvalue weighted by molar-refractivity contribution is -0.122. The number of hydrogen-bond acceptors (Lipinski definition) is 3. The van der Waals surface area contributed by atoms with Crippen LogP contribution < -0.4 is 5.32 Å². The average Bonchev–Trinajstić information content (AvgIpc) is 2.62. The van der Waals surface area contributed by atoms with Crippen LogP contribution in [-0.4, -0.2) is 30.0 Å². The number of nitrogens with one attached hydrogen (secondary N) is 1. The maximum absolute atomic E-state index is 14.3. The predicted octanol–water partition coefficient (Wildman–Crippen LogP) is 4.70. The Labute approximate surface area is 167 Å². The van der Waals surface area contributed by atoms with Gasteiger partial charge in [0, 0.05) is 30.5 Å². The molecular weight excluding hydrogens is 382 g/mol. The molecule has 4 nitrogen and oxygen atoms in total. The molecule has 0 heterocycles. The molecule has 7 heteroatoms. The number of carbonyl (C=O) groups excluding carboxylic acids is 2. The number of nitrogens with zero attached hydrogens (tertiary/aromatic N) is 1. The van der Waals surface area contributed by atoms with Crippen molar-refractivity contribution < 1.29 is 18.4 Å². The molecule has 1 N–H and O–H groups in total. The first-order valence-electron chi connectivity index (χ1n) is 9.07. The van der Waals surface area contributed by atoms with E-state index in [9.17, 15) is 18.4 Å². The van der Waals surface area contributed by atoms with E-state index in [-0.39, 0.29) is 29.6 Å². The number of hydrogen-bond donors (Lipinski definition) is 1. The normalized spacial score (nSPS) is 13.7. The second kappa shape index (κ2) is 8.73. The number of rotatable bonds is 6. The molecule has 2 aromatic rings. The second-order valence-electron chi connectivity index (χ2n) is 6.94. The Kier molecular flexibility index (Phi) is 6.34. The Bertz CT molecular complexity index is 900. The van der Waals surface area contributed by atoms with Crippen LogP contribution in [0, 0.1) is 17.6 Å². The van der Waals surface area contributed by atoms with Crippen LogP contribution in [0.2, 0.25) is 0 Å². The van der Waals surface area contributed by atoms with E-state index in [0.717, 1.165) is 35.8 Å². The summed E-state index contributed by atoms with van der Waals surface area (Å²) in [6.45, 7) is 0.286. The predicted molar refractivity (Wildman–Crippen MR) is 106 cm³/mol. The van der Waals surface area contributed by atoms with Crippen LogP contribution >= 0.6 is 11.8 Å². The second-order valence-corrected chi connectivity index (χ2v) is 7.82. The van der Waals surface area contributed by atoms with Crippen LogP contribution in [0.4, 0.5) is 14.5 Å². The standard InChI is InChI=1S/C21H22F2N2O2S/c1-25(12-13-5-3-8-15(9-13)28-2)21(27)16-10-19(18(23)11-17(16)22)24-20(26)14-6-4-7-14/h3,5,8-11,14H,4,6-7,12H2,1-2H3,(H,24,26). The van der Waals surface area contributed by atoms with Gasteiger partial charge in [0.25, 0.3) is 5.91 Å². The van der Waals surface area contributed by atoms with E-state index in [4.69, 9.17) is 0 Å². The zero-order chi connectivity index (χ0) is 20.3. The van der Waals surface area contributed by atoms with Gasteiger partial charge in [-0.15, -0.1) is 11.8 Å². The Morgan fingerprint density at radius 2 is 1.93 bits per heavy atom. The molecule has 0 saturated heterocycles. The highest BCUT2D eigenvalue weighted by Crippen LogP contribution is 2.29. The molecule has 1 fully saturated rings. The van der Waals surface area contributed by atoms with Crippen LogP contribution in [0.25, 0.3) is 0 Å². The molecule has 0 unspecified atom stereocenters. The molecule has 3 rings (SSSR count). The topological polar surface area (TPSA) is 49.4 Å². The summed E-state index contributed by atoms with van der Waals surface area (Å²) in [5.41, 5.74) is 0.469. The minimum Gasteiger partial charge on any atom is -0.337 e. The average molecular weight is 404 g/mol. The van der Waals surface area contributed by atoms with Crippen molar-refractivity contribution >= 4 is 29.3 Å². The van der Waals surface area contributed by atoms with Crippen LogP contribution in [0.5, 0.6) is 0 Å². The number of thioether (sulfide) groups is 1. The highest BCUT2D eigenvalue weighted by atomic mass is 32.2. The summed E-state index contributed by atoms with van der Waals surface area (Å²) in [4.78, 5) is 27.2. The van der Waals surface area contributed by atoms with Crippen molar-refractivity contribution in [3.05, 3.63) is 59.2 Å². The van der Waals surface area contributed by atoms with Gasteiger partial charge in [-0.2, -0.15) is 0 Å². The fourth-order valence-corrected chi connectivity index (χ4v) is 3.52. The summed E-state index contributed by atoms with van der Waals surface area (Å²) in [5.74, 6) is -2.86. The first-order valence-corrected chi connectivity index (χ1v) is 10.3. The van der Waals surface area contributed by atoms with Gasteiger partial charge in [-0.1, -0.05) is 18.6 Å². The lowest BCUT2D eigenvalue weighted by atomic mass is 9.85. The molecule has 2 amide bonds. The Morgan fingerprint density at radius 3 is 2.57 bits per heavy atom. The van der Waals surface area contributed by atoms with Gasteiger partial charge >= 0.3 is 0 Å². The Hall–Kier alpha value is -2.41. The molecule has 2 aromatic carbocycles. The number of benzene rings is 2. The summed E-state index contributed by atoms with van der Waals surface area (Å²) in [6, 6.07) is 9.43. The third-order valence-electron chi connectivity index (χ3n) is 4.92. The van der Waals surface area contributed by atoms with E-state index in [1.807, 2.05) is 30.5 Å². The van der Waals surface area contributed by atoms with Gasteiger partial charge in [0.1, 0.15) is 11.6 Å². The highest BCUT2D eigenvalue weighted by molar-refractivity contribution is 7.98. The van der Waals surface area contributed by atoms with Gasteiger partial charge in [-0.25, -0.2) is 8.78 Å². The first kappa shape index (κ1) is 20.3. The number of carbonyl (C=O) groups is 2. The summed E-state index contributed by atoms with van der Waals surface area (Å²) in [5, 5.41) is 2.48. The third kappa shape index (κ3) is 4.52. The molecule has 0 aromatic heterocycles. The minimum atomic E-state index is -0.950. The molecule has 0 aliphatic heterocycles. The minimum absolute atomic E-state index is 0.144. The zero-order valence-electron chi connectivity index (χ0n) is 15.8. The summed E-state index contributed by atoms with van der Waals surface area (Å²) >= 11 is 1.59. The van der Waals surface area contributed by atoms with Crippen molar-refractivity contribution in [2.45, 2.75) is 30.7 Å². The number of amides is 2. The monoisotopic (exact) mass is 404 g/mol. The molecule has 1 aliphatic carbocycles. The number of halogens is 2. The molecule has 148 valence electrons. The maximum atomic E-state index is 14.3. The molecule has 1 saturated carbocycles. The van der Waals surface area contributed by atoms with E-state index < -0.39 is 17.5 Å². The van der Waals surface area contributed by atoms with Crippen molar-refractivity contribution in [3.63, 3.8) is 0 Å². The fourth-order valence-electron chi connectivity index (χ4n) is 3.04. The summed E-state index contributed by atoms with van der Waals surface area (Å²) < 4.78 is 28.4. The van der Waals surface area contributed by atoms with Gasteiger partial charge in [-0.3, -0.25) is 9.59 Å². The van der Waals surface area contributed by atoms with Gasteiger partial charge in [0.05, 0.1) is 11.3 Å². The van der Waals surface area contributed by atoms with Crippen LogP contribution in [-0.2, 0) is 11.3 Å². The van der Waals surface area contributed by atoms with Gasteiger partial charge in [0.2, 0.25) is 5.91 Å². The van der Waals surface area contributed by atoms with Crippen molar-refractivity contribution in [1.29, 1.82) is 0 Å². The van der Waals surface area contributed by atoms with Crippen molar-refractivity contribution in [2.24, 2.45) is 5.92 Å². The van der Waals surface area contributed by atoms with E-state index in [2.05, 4.69) is 5.32 Å². The maximum Gasteiger partial charge on any atom is 0.256 e. The molecule has 0 spiro atoms. The van der Waals surface area contributed by atoms with Crippen molar-refractivity contribution in [1.82, 2.24) is 4.90 Å². The van der Waals surface area contributed by atoms with Crippen LogP contribution in [0.15, 0.2) is 41.3 Å². The summed E-state index contributed by atoms with van der Waals surface area (Å²) in [6.07, 6.45) is 4.45. The van der Waals surface area contributed by atoms with Gasteiger partial charge < -0.3 is 10.2 Å². The SMILES string of the molecule is CSc1cccc(CN(C)C(=O)c2cc(NC(=O)C3CCC3)c(F)cc2F)c1. The Morgan fingerprint density at radius 1 is 1.18 bits per heavy atom. The van der Waals surface area contributed by atoms with Crippen LogP contribution in [0.1, 0.15) is 35.2 Å². The van der Waals surface area contributed by atoms with Crippen LogP contribution in [0.3, 0.4) is 0 Å². The fraction of sp³-hybridized carbons (Fsp3) is 0.333. The molecule has 0 radical (unpaired) electrons. The van der Waals surface area contributed by atoms with Gasteiger partial charge in [-0.05, 0) is 42.9 Å². The largest absolute Gasteiger partial charge is 0.337 e. The molecule has 28 heavy (non-hydrogen) atoms. The smallest absolute Gasteiger partial charge is 0.256 e.